The van der Waals surface area contributed by atoms with E-state index in [1.165, 1.54) is 0 Å². The number of nitrogens with zero attached hydrogens (tertiary/aromatic N) is 8. The van der Waals surface area contributed by atoms with Gasteiger partial charge in [-0.2, -0.15) is 22.8 Å². The van der Waals surface area contributed by atoms with Crippen LogP contribution in [0, 0.1) is 13.8 Å². The standard InChI is InChI=1S/C24H23F3N8O/c1-14-15(2)23(31-35-21(36)11-19(24(25,26)27)30-22(14)35)32-9-5-18-16(13-32)10-17(12-28-18)33-7-3-8-34-20(33)4-6-29-34/h4,6,10-12H,3,5,7-9,13H2,1-2H3. The molecular formula is C24H23F3N8O. The number of aryl methyl sites for hydroxylation is 2. The second-order valence-electron chi connectivity index (χ2n) is 9.18. The topological polar surface area (TPSA) is 84.5 Å². The van der Waals surface area contributed by atoms with E-state index in [0.717, 1.165) is 46.8 Å². The minimum atomic E-state index is -4.71. The van der Waals surface area contributed by atoms with Crippen LogP contribution in [0.25, 0.3) is 5.65 Å². The summed E-state index contributed by atoms with van der Waals surface area (Å²) in [7, 11) is 0. The first kappa shape index (κ1) is 22.5. The zero-order chi connectivity index (χ0) is 25.2. The van der Waals surface area contributed by atoms with Crippen LogP contribution in [-0.2, 0) is 25.7 Å². The molecular weight excluding hydrogens is 473 g/mol. The lowest BCUT2D eigenvalue weighted by Crippen LogP contribution is -2.34. The Balaban J connectivity index is 1.37. The van der Waals surface area contributed by atoms with E-state index >= 15 is 0 Å². The fraction of sp³-hybridized carbons (Fsp3) is 0.375. The van der Waals surface area contributed by atoms with Crippen LogP contribution in [-0.4, -0.2) is 42.5 Å². The van der Waals surface area contributed by atoms with Gasteiger partial charge in [0.2, 0.25) is 0 Å². The smallest absolute Gasteiger partial charge is 0.350 e. The van der Waals surface area contributed by atoms with Crippen LogP contribution < -0.4 is 15.4 Å². The minimum Gasteiger partial charge on any atom is -0.350 e. The molecule has 0 saturated carbocycles. The van der Waals surface area contributed by atoms with E-state index in [1.807, 2.05) is 21.8 Å². The molecule has 2 aliphatic heterocycles. The summed E-state index contributed by atoms with van der Waals surface area (Å²) in [5.41, 5.74) is 2.05. The van der Waals surface area contributed by atoms with Gasteiger partial charge in [0.15, 0.2) is 17.2 Å². The summed E-state index contributed by atoms with van der Waals surface area (Å²) in [6.07, 6.45) is 0.652. The Morgan fingerprint density at radius 3 is 2.69 bits per heavy atom. The maximum absolute atomic E-state index is 13.2. The highest BCUT2D eigenvalue weighted by molar-refractivity contribution is 5.63. The Labute approximate surface area is 203 Å². The van der Waals surface area contributed by atoms with Crippen LogP contribution in [0.2, 0.25) is 0 Å². The Morgan fingerprint density at radius 1 is 1.06 bits per heavy atom. The normalized spacial score (nSPS) is 15.8. The summed E-state index contributed by atoms with van der Waals surface area (Å²) in [4.78, 5) is 25.2. The molecule has 0 radical (unpaired) electrons. The maximum Gasteiger partial charge on any atom is 0.433 e. The second kappa shape index (κ2) is 8.04. The van der Waals surface area contributed by atoms with E-state index in [1.54, 1.807) is 20.0 Å². The molecule has 6 rings (SSSR count). The summed E-state index contributed by atoms with van der Waals surface area (Å²) >= 11 is 0. The lowest BCUT2D eigenvalue weighted by Gasteiger charge is -2.33. The number of anilines is 3. The molecule has 6 heterocycles. The molecule has 0 aromatic carbocycles. The van der Waals surface area contributed by atoms with Crippen LogP contribution >= 0.6 is 0 Å². The van der Waals surface area contributed by atoms with Crippen molar-refractivity contribution in [3.63, 3.8) is 0 Å². The number of fused-ring (bicyclic) bond motifs is 3. The Hall–Kier alpha value is -3.96. The quantitative estimate of drug-likeness (QED) is 0.421. The van der Waals surface area contributed by atoms with Gasteiger partial charge in [0, 0.05) is 61.6 Å². The third-order valence-electron chi connectivity index (χ3n) is 6.97. The first-order valence-corrected chi connectivity index (χ1v) is 11.7. The number of pyridine rings is 1. The maximum atomic E-state index is 13.2. The molecule has 0 spiro atoms. The molecule has 2 aliphatic rings. The van der Waals surface area contributed by atoms with Gasteiger partial charge in [0.25, 0.3) is 5.56 Å². The number of alkyl halides is 3. The third-order valence-corrected chi connectivity index (χ3v) is 6.97. The molecule has 0 amide bonds. The van der Waals surface area contributed by atoms with Crippen LogP contribution in [0.1, 0.15) is 34.5 Å². The van der Waals surface area contributed by atoms with E-state index in [0.29, 0.717) is 42.5 Å². The van der Waals surface area contributed by atoms with Crippen molar-refractivity contribution in [3.05, 3.63) is 69.0 Å². The van der Waals surface area contributed by atoms with Gasteiger partial charge in [0.05, 0.1) is 18.1 Å². The minimum absolute atomic E-state index is 0.0841. The first-order chi connectivity index (χ1) is 17.2. The van der Waals surface area contributed by atoms with Gasteiger partial charge in [0.1, 0.15) is 5.82 Å². The second-order valence-corrected chi connectivity index (χ2v) is 9.18. The Kier molecular flexibility index (Phi) is 5.02. The predicted octanol–water partition coefficient (Wildman–Crippen LogP) is 3.42. The number of hydrogen-bond acceptors (Lipinski definition) is 7. The molecule has 36 heavy (non-hydrogen) atoms. The largest absolute Gasteiger partial charge is 0.433 e. The fourth-order valence-corrected chi connectivity index (χ4v) is 4.99. The first-order valence-electron chi connectivity index (χ1n) is 11.7. The van der Waals surface area contributed by atoms with Crippen molar-refractivity contribution < 1.29 is 13.2 Å². The van der Waals surface area contributed by atoms with Gasteiger partial charge in [-0.15, -0.1) is 5.10 Å². The van der Waals surface area contributed by atoms with E-state index < -0.39 is 17.4 Å². The molecule has 186 valence electrons. The van der Waals surface area contributed by atoms with Crippen LogP contribution in [0.4, 0.5) is 30.5 Å². The van der Waals surface area contributed by atoms with Gasteiger partial charge in [-0.3, -0.25) is 9.78 Å². The summed E-state index contributed by atoms with van der Waals surface area (Å²) in [6, 6.07) is 4.61. The lowest BCUT2D eigenvalue weighted by molar-refractivity contribution is -0.141. The number of rotatable bonds is 2. The molecule has 4 aromatic heterocycles. The Bertz CT molecular complexity index is 1560. The highest BCUT2D eigenvalue weighted by Gasteiger charge is 2.34. The molecule has 0 atom stereocenters. The predicted molar refractivity (Wildman–Crippen MR) is 127 cm³/mol. The van der Waals surface area contributed by atoms with Gasteiger partial charge < -0.3 is 9.80 Å². The lowest BCUT2D eigenvalue weighted by atomic mass is 10.0. The summed E-state index contributed by atoms with van der Waals surface area (Å²) in [5, 5.41) is 8.83. The number of hydrogen-bond donors (Lipinski definition) is 0. The van der Waals surface area contributed by atoms with Crippen molar-refractivity contribution in [2.75, 3.05) is 22.9 Å². The third kappa shape index (κ3) is 3.59. The Morgan fingerprint density at radius 2 is 1.89 bits per heavy atom. The van der Waals surface area contributed by atoms with Crippen LogP contribution in [0.3, 0.4) is 0 Å². The zero-order valence-corrected chi connectivity index (χ0v) is 19.7. The van der Waals surface area contributed by atoms with Crippen molar-refractivity contribution in [3.8, 4) is 0 Å². The van der Waals surface area contributed by atoms with Crippen molar-refractivity contribution in [2.45, 2.75) is 46.0 Å². The molecule has 9 nitrogen and oxygen atoms in total. The molecule has 0 fully saturated rings. The summed E-state index contributed by atoms with van der Waals surface area (Å²) in [6.45, 7) is 6.36. The van der Waals surface area contributed by atoms with E-state index in [4.69, 9.17) is 4.98 Å². The highest BCUT2D eigenvalue weighted by atomic mass is 19.4. The van der Waals surface area contributed by atoms with E-state index in [9.17, 15) is 18.0 Å². The molecule has 4 aromatic rings. The average Bonchev–Trinajstić information content (AvgIpc) is 3.34. The molecule has 0 bridgehead atoms. The molecule has 12 heteroatoms. The van der Waals surface area contributed by atoms with Gasteiger partial charge >= 0.3 is 6.18 Å². The van der Waals surface area contributed by atoms with Crippen molar-refractivity contribution in [2.24, 2.45) is 0 Å². The monoisotopic (exact) mass is 496 g/mol. The average molecular weight is 496 g/mol. The highest BCUT2D eigenvalue weighted by Crippen LogP contribution is 2.33. The van der Waals surface area contributed by atoms with Gasteiger partial charge in [-0.25, -0.2) is 9.67 Å². The number of aromatic nitrogens is 6. The number of halogens is 3. The van der Waals surface area contributed by atoms with E-state index in [-0.39, 0.29) is 5.65 Å². The van der Waals surface area contributed by atoms with Crippen LogP contribution in [0.15, 0.2) is 35.4 Å². The molecule has 0 unspecified atom stereocenters. The fourth-order valence-electron chi connectivity index (χ4n) is 4.99. The zero-order valence-electron chi connectivity index (χ0n) is 19.7. The van der Waals surface area contributed by atoms with E-state index in [2.05, 4.69) is 26.1 Å². The molecule has 0 N–H and O–H groups in total. The van der Waals surface area contributed by atoms with Crippen molar-refractivity contribution in [1.82, 2.24) is 29.4 Å². The van der Waals surface area contributed by atoms with Crippen molar-refractivity contribution >= 4 is 23.0 Å². The molecule has 0 saturated heterocycles. The van der Waals surface area contributed by atoms with Gasteiger partial charge in [-0.05, 0) is 31.9 Å². The van der Waals surface area contributed by atoms with Crippen molar-refractivity contribution in [1.29, 1.82) is 0 Å². The van der Waals surface area contributed by atoms with Crippen LogP contribution in [0.5, 0.6) is 0 Å². The molecule has 0 aliphatic carbocycles. The van der Waals surface area contributed by atoms with Gasteiger partial charge in [-0.1, -0.05) is 0 Å². The SMILES string of the molecule is Cc1c(N2CCc3ncc(N4CCCn5nccc54)cc3C2)nn2c(=O)cc(C(F)(F)F)nc2c1C. The summed E-state index contributed by atoms with van der Waals surface area (Å²) in [5.74, 6) is 1.58. The summed E-state index contributed by atoms with van der Waals surface area (Å²) < 4.78 is 42.6.